The molecule has 0 fully saturated rings. The van der Waals surface area contributed by atoms with Crippen LogP contribution < -0.4 is 31.7 Å². The van der Waals surface area contributed by atoms with Gasteiger partial charge in [-0.15, -0.1) is 0 Å². The number of aliphatic carboxylic acids is 3. The predicted molar refractivity (Wildman–Crippen MR) is 259 cm³/mol. The van der Waals surface area contributed by atoms with Gasteiger partial charge in [-0.25, -0.2) is 13.2 Å². The van der Waals surface area contributed by atoms with Crippen LogP contribution in [0.1, 0.15) is 138 Å². The van der Waals surface area contributed by atoms with Gasteiger partial charge in [-0.1, -0.05) is 24.6 Å². The molecule has 0 aliphatic heterocycles. The molecule has 0 bridgehead atoms. The zero-order valence-corrected chi connectivity index (χ0v) is 42.3. The molecule has 0 aliphatic carbocycles. The van der Waals surface area contributed by atoms with Gasteiger partial charge in [-0.3, -0.25) is 52.7 Å². The minimum Gasteiger partial charge on any atom is -0.481 e. The average molecular weight is 1040 g/mol. The van der Waals surface area contributed by atoms with Gasteiger partial charge in [-0.05, 0) is 83.3 Å². The number of aryl methyl sites for hydroxylation is 1. The maximum absolute atomic E-state index is 12.3. The Bertz CT molecular complexity index is 2030. The van der Waals surface area contributed by atoms with Crippen LogP contribution in [0.4, 0.5) is 0 Å². The Labute approximate surface area is 420 Å². The van der Waals surface area contributed by atoms with Gasteiger partial charge >= 0.3 is 17.9 Å². The van der Waals surface area contributed by atoms with E-state index in [1.54, 1.807) is 16.9 Å². The average Bonchev–Trinajstić information content (AvgIpc) is 3.29. The molecular formula is C47H74N6O18S. The maximum atomic E-state index is 12.3. The molecule has 3 atom stereocenters. The van der Waals surface area contributed by atoms with E-state index >= 15 is 0 Å². The topological polar surface area (TPSA) is 387 Å². The van der Waals surface area contributed by atoms with E-state index in [4.69, 9.17) is 20.3 Å². The quantitative estimate of drug-likeness (QED) is 0.0420. The smallest absolute Gasteiger partial charge is 0.326 e. The number of carboxylic acid groups (broad SMARTS) is 3. The molecular weight excluding hydrogens is 969 g/mol. The van der Waals surface area contributed by atoms with Crippen LogP contribution >= 0.6 is 0 Å². The first-order valence-electron chi connectivity index (χ1n) is 23.8. The van der Waals surface area contributed by atoms with Gasteiger partial charge in [0, 0.05) is 90.3 Å². The largest absolute Gasteiger partial charge is 0.481 e. The maximum Gasteiger partial charge on any atom is 0.326 e. The van der Waals surface area contributed by atoms with E-state index in [1.807, 2.05) is 26.0 Å². The molecule has 25 heteroatoms. The van der Waals surface area contributed by atoms with E-state index in [-0.39, 0.29) is 114 Å². The second-order valence-corrected chi connectivity index (χ2v) is 18.6. The Morgan fingerprint density at radius 3 is 1.88 bits per heavy atom. The van der Waals surface area contributed by atoms with E-state index in [0.29, 0.717) is 51.0 Å². The van der Waals surface area contributed by atoms with Gasteiger partial charge in [0.15, 0.2) is 0 Å². The van der Waals surface area contributed by atoms with Crippen LogP contribution in [0.2, 0.25) is 0 Å². The van der Waals surface area contributed by atoms with Crippen molar-refractivity contribution in [1.29, 1.82) is 0 Å². The van der Waals surface area contributed by atoms with E-state index in [1.165, 1.54) is 7.11 Å². The molecule has 0 saturated carbocycles. The molecule has 1 aromatic carbocycles. The van der Waals surface area contributed by atoms with E-state index in [9.17, 15) is 71.4 Å². The van der Waals surface area contributed by atoms with Gasteiger partial charge < -0.3 is 51.8 Å². The summed E-state index contributed by atoms with van der Waals surface area (Å²) in [5.74, 6) is -9.19. The lowest BCUT2D eigenvalue weighted by Gasteiger charge is -2.16. The summed E-state index contributed by atoms with van der Waals surface area (Å²) in [5.41, 5.74) is 7.04. The van der Waals surface area contributed by atoms with Gasteiger partial charge in [0.2, 0.25) is 39.6 Å². The summed E-state index contributed by atoms with van der Waals surface area (Å²) in [5, 5.41) is 37.5. The zero-order chi connectivity index (χ0) is 54.5. The van der Waals surface area contributed by atoms with Gasteiger partial charge in [0.1, 0.15) is 30.3 Å². The summed E-state index contributed by atoms with van der Waals surface area (Å²) in [4.78, 5) is 129. The highest BCUT2D eigenvalue weighted by Gasteiger charge is 2.25. The van der Waals surface area contributed by atoms with Crippen molar-refractivity contribution in [3.8, 4) is 0 Å². The Balaban J connectivity index is 0.00000163. The summed E-state index contributed by atoms with van der Waals surface area (Å²) in [6.45, 7) is 5.26. The minimum absolute atomic E-state index is 0.0215. The number of nitrogens with two attached hydrogens (primary N) is 1. The van der Waals surface area contributed by atoms with Crippen molar-refractivity contribution in [3.05, 3.63) is 35.4 Å². The molecule has 3 unspecified atom stereocenters. The molecule has 0 radical (unpaired) electrons. The fourth-order valence-electron chi connectivity index (χ4n) is 6.38. The summed E-state index contributed by atoms with van der Waals surface area (Å²) in [6.07, 6.45) is 1.38. The van der Waals surface area contributed by atoms with Gasteiger partial charge in [0.25, 0.3) is 5.91 Å². The molecule has 24 nitrogen and oxygen atoms in total. The fraction of sp³-hybridized carbons (Fsp3) is 0.638. The van der Waals surface area contributed by atoms with Gasteiger partial charge in [0.05, 0.1) is 11.7 Å². The standard InChI is InChI=1S/C28H45N3O14S.C19H29N3O4/c1-45-16-4-7-20(32)12-13-22(28(41)42)30-24(35)14-11-19(27(39)40)18-21(33)6-3-15-29-23(34)9-5-17-46(43,44)31-25(36)8-2-10-26(37)38;1-3-12-26-13-17(23)22-16(18(20)24)6-4-5-11-21-19(25)15-9-7-14(2)8-10-15/h19,22H,2-18H2,1H3,(H,29,34)(H,30,35)(H,31,36)(H,37,38)(H,39,40)(H,41,42);7-10,16H,3-6,11-13H2,1-2H3,(H2,20,24)(H,21,25)(H,22,23). The van der Waals surface area contributed by atoms with Crippen LogP contribution in [0, 0.1) is 12.8 Å². The highest BCUT2D eigenvalue weighted by Crippen LogP contribution is 2.15. The Kier molecular flexibility index (Phi) is 35.0. The molecule has 1 aromatic rings. The Morgan fingerprint density at radius 2 is 1.26 bits per heavy atom. The number of carboxylic acids is 3. The molecule has 72 heavy (non-hydrogen) atoms. The van der Waals surface area contributed by atoms with Crippen molar-refractivity contribution < 1.29 is 86.0 Å². The number of unbranched alkanes of at least 4 members (excludes halogenated alkanes) is 1. The van der Waals surface area contributed by atoms with Crippen molar-refractivity contribution in [1.82, 2.24) is 26.0 Å². The molecule has 0 heterocycles. The Hall–Kier alpha value is -6.34. The van der Waals surface area contributed by atoms with E-state index in [0.717, 1.165) is 12.0 Å². The van der Waals surface area contributed by atoms with Crippen molar-refractivity contribution in [2.24, 2.45) is 11.7 Å². The molecule has 0 spiro atoms. The van der Waals surface area contributed by atoms with Crippen molar-refractivity contribution >= 4 is 74.9 Å². The third kappa shape index (κ3) is 34.9. The molecule has 1 rings (SSSR count). The lowest BCUT2D eigenvalue weighted by Crippen LogP contribution is -2.45. The molecule has 0 aromatic heterocycles. The second kappa shape index (κ2) is 38.4. The monoisotopic (exact) mass is 1040 g/mol. The number of ether oxygens (including phenoxy) is 2. The van der Waals surface area contributed by atoms with Crippen LogP contribution in [-0.2, 0) is 67.4 Å². The molecule has 406 valence electrons. The third-order valence-electron chi connectivity index (χ3n) is 10.3. The van der Waals surface area contributed by atoms with Crippen LogP contribution in [-0.4, -0.2) is 147 Å². The number of hydrogen-bond donors (Lipinski definition) is 9. The number of carbonyl (C=O) groups excluding carboxylic acids is 8. The number of hydrogen-bond acceptors (Lipinski definition) is 15. The van der Waals surface area contributed by atoms with Crippen molar-refractivity contribution in [2.45, 2.75) is 142 Å². The van der Waals surface area contributed by atoms with Gasteiger partial charge in [-0.2, -0.15) is 0 Å². The number of Topliss-reactive ketones (excluding diaryl/α,β-unsaturated/α-hetero) is 2. The second-order valence-electron chi connectivity index (χ2n) is 16.8. The normalized spacial score (nSPS) is 12.1. The summed E-state index contributed by atoms with van der Waals surface area (Å²) < 4.78 is 35.6. The summed E-state index contributed by atoms with van der Waals surface area (Å²) >= 11 is 0. The number of rotatable bonds is 40. The van der Waals surface area contributed by atoms with Crippen LogP contribution in [0.25, 0.3) is 0 Å². The number of benzene rings is 1. The van der Waals surface area contributed by atoms with E-state index < -0.39 is 81.1 Å². The third-order valence-corrected chi connectivity index (χ3v) is 11.7. The molecule has 0 saturated heterocycles. The molecule has 0 aliphatic rings. The lowest BCUT2D eigenvalue weighted by atomic mass is 9.95. The first-order chi connectivity index (χ1) is 34.0. The number of sulfonamides is 1. The number of primary amides is 1. The zero-order valence-electron chi connectivity index (χ0n) is 41.5. The summed E-state index contributed by atoms with van der Waals surface area (Å²) in [7, 11) is -2.51. The number of ketones is 2. The number of amides is 6. The van der Waals surface area contributed by atoms with Crippen LogP contribution in [0.15, 0.2) is 24.3 Å². The van der Waals surface area contributed by atoms with Crippen molar-refractivity contribution in [3.63, 3.8) is 0 Å². The van der Waals surface area contributed by atoms with Crippen molar-refractivity contribution in [2.75, 3.05) is 45.8 Å². The first-order valence-corrected chi connectivity index (χ1v) is 25.5. The van der Waals surface area contributed by atoms with Crippen LogP contribution in [0.5, 0.6) is 0 Å². The predicted octanol–water partition coefficient (Wildman–Crippen LogP) is 1.44. The fourth-order valence-corrected chi connectivity index (χ4v) is 7.45. The molecule has 10 N–H and O–H groups in total. The first kappa shape index (κ1) is 65.7. The minimum atomic E-state index is -4.00. The highest BCUT2D eigenvalue weighted by molar-refractivity contribution is 7.90. The number of carbonyl (C=O) groups is 11. The summed E-state index contributed by atoms with van der Waals surface area (Å²) in [6, 6.07) is 5.29. The van der Waals surface area contributed by atoms with Crippen LogP contribution in [0.3, 0.4) is 0 Å². The SMILES string of the molecule is CCCOCC(=O)NC(CCCCNC(=O)c1ccc(C)cc1)C(N)=O.COCCCC(=O)CCC(NC(=O)CCC(CC(=O)CCCNC(=O)CCCS(=O)(=O)NC(=O)CCCC(=O)O)C(=O)O)C(=O)O. The van der Waals surface area contributed by atoms with E-state index in [2.05, 4.69) is 21.3 Å². The number of nitrogens with one attached hydrogen (secondary N) is 5. The Morgan fingerprint density at radius 1 is 0.625 bits per heavy atom. The lowest BCUT2D eigenvalue weighted by molar-refractivity contribution is -0.145. The highest BCUT2D eigenvalue weighted by atomic mass is 32.2. The number of methoxy groups -OCH3 is 1. The molecule has 6 amide bonds.